The highest BCUT2D eigenvalue weighted by molar-refractivity contribution is 6.32. The van der Waals surface area contributed by atoms with Gasteiger partial charge in [-0.3, -0.25) is 4.79 Å². The minimum Gasteiger partial charge on any atom is -0.384 e. The number of halogens is 1. The number of aliphatic hydroxyl groups is 1. The summed E-state index contributed by atoms with van der Waals surface area (Å²) in [6, 6.07) is 5.30. The molecule has 0 bridgehead atoms. The second-order valence-electron chi connectivity index (χ2n) is 3.90. The standard InChI is InChI=1S/C13H12ClNO2/c14-12-8-10(13(17)15-11-5-6-11)4-3-9(12)2-1-7-16/h3-4,8,11,16H,5-7H2,(H,15,17). The molecule has 0 atom stereocenters. The molecular weight excluding hydrogens is 238 g/mol. The van der Waals surface area contributed by atoms with Gasteiger partial charge >= 0.3 is 0 Å². The maximum Gasteiger partial charge on any atom is 0.251 e. The van der Waals surface area contributed by atoms with E-state index in [0.29, 0.717) is 22.2 Å². The average molecular weight is 250 g/mol. The van der Waals surface area contributed by atoms with Gasteiger partial charge in [0.15, 0.2) is 0 Å². The van der Waals surface area contributed by atoms with Crippen LogP contribution >= 0.6 is 11.6 Å². The van der Waals surface area contributed by atoms with Gasteiger partial charge in [-0.2, -0.15) is 0 Å². The van der Waals surface area contributed by atoms with Gasteiger partial charge in [0, 0.05) is 17.2 Å². The minimum absolute atomic E-state index is 0.101. The summed E-state index contributed by atoms with van der Waals surface area (Å²) >= 11 is 6.00. The topological polar surface area (TPSA) is 49.3 Å². The van der Waals surface area contributed by atoms with Crippen LogP contribution in [0.4, 0.5) is 0 Å². The molecule has 3 nitrogen and oxygen atoms in total. The lowest BCUT2D eigenvalue weighted by Gasteiger charge is -2.04. The first-order valence-electron chi connectivity index (χ1n) is 5.41. The Balaban J connectivity index is 2.14. The summed E-state index contributed by atoms with van der Waals surface area (Å²) in [4.78, 5) is 11.7. The van der Waals surface area contributed by atoms with Crippen LogP contribution < -0.4 is 5.32 Å². The van der Waals surface area contributed by atoms with Gasteiger partial charge in [-0.1, -0.05) is 23.4 Å². The molecule has 1 aromatic rings. The van der Waals surface area contributed by atoms with Crippen molar-refractivity contribution < 1.29 is 9.90 Å². The molecule has 4 heteroatoms. The normalized spacial score (nSPS) is 13.8. The molecule has 0 spiro atoms. The van der Waals surface area contributed by atoms with Crippen LogP contribution in [0, 0.1) is 11.8 Å². The van der Waals surface area contributed by atoms with Crippen LogP contribution in [0.25, 0.3) is 0 Å². The largest absolute Gasteiger partial charge is 0.384 e. The molecule has 1 aliphatic rings. The Hall–Kier alpha value is -1.50. The maximum atomic E-state index is 11.7. The number of rotatable bonds is 2. The van der Waals surface area contributed by atoms with Crippen molar-refractivity contribution in [2.24, 2.45) is 0 Å². The fourth-order valence-electron chi connectivity index (χ4n) is 1.39. The van der Waals surface area contributed by atoms with Gasteiger partial charge in [-0.25, -0.2) is 0 Å². The van der Waals surface area contributed by atoms with E-state index in [0.717, 1.165) is 12.8 Å². The number of aliphatic hydroxyl groups excluding tert-OH is 1. The lowest BCUT2D eigenvalue weighted by atomic mass is 10.1. The van der Waals surface area contributed by atoms with Crippen LogP contribution in [0.1, 0.15) is 28.8 Å². The Morgan fingerprint density at radius 3 is 2.88 bits per heavy atom. The second kappa shape index (κ2) is 5.22. The summed E-state index contributed by atoms with van der Waals surface area (Å²) in [6.07, 6.45) is 2.11. The first-order valence-corrected chi connectivity index (χ1v) is 5.78. The van der Waals surface area contributed by atoms with E-state index in [1.54, 1.807) is 18.2 Å². The molecule has 1 aromatic carbocycles. The number of hydrogen-bond acceptors (Lipinski definition) is 2. The van der Waals surface area contributed by atoms with E-state index in [1.807, 2.05) is 0 Å². The highest BCUT2D eigenvalue weighted by atomic mass is 35.5. The second-order valence-corrected chi connectivity index (χ2v) is 4.31. The predicted molar refractivity (Wildman–Crippen MR) is 65.9 cm³/mol. The molecule has 1 aliphatic carbocycles. The Kier molecular flexibility index (Phi) is 3.68. The van der Waals surface area contributed by atoms with Gasteiger partial charge in [0.1, 0.15) is 6.61 Å². The molecule has 1 amide bonds. The van der Waals surface area contributed by atoms with E-state index in [2.05, 4.69) is 17.2 Å². The minimum atomic E-state index is -0.208. The molecule has 88 valence electrons. The lowest BCUT2D eigenvalue weighted by Crippen LogP contribution is -2.25. The Labute approximate surface area is 105 Å². The predicted octanol–water partition coefficient (Wildman–Crippen LogP) is 1.58. The molecule has 1 saturated carbocycles. The third-order valence-electron chi connectivity index (χ3n) is 2.45. The van der Waals surface area contributed by atoms with Crippen LogP contribution in [-0.2, 0) is 0 Å². The molecule has 0 aliphatic heterocycles. The highest BCUT2D eigenvalue weighted by Crippen LogP contribution is 2.21. The summed E-state index contributed by atoms with van der Waals surface area (Å²) in [5, 5.41) is 11.9. The van der Waals surface area contributed by atoms with Gasteiger partial charge in [0.2, 0.25) is 0 Å². The van der Waals surface area contributed by atoms with Crippen molar-refractivity contribution in [3.05, 3.63) is 34.3 Å². The molecule has 1 fully saturated rings. The third-order valence-corrected chi connectivity index (χ3v) is 2.76. The Bertz CT molecular complexity index is 498. The molecule has 17 heavy (non-hydrogen) atoms. The molecule has 0 radical (unpaired) electrons. The van der Waals surface area contributed by atoms with Crippen molar-refractivity contribution >= 4 is 17.5 Å². The maximum absolute atomic E-state index is 11.7. The third kappa shape index (κ3) is 3.23. The van der Waals surface area contributed by atoms with Gasteiger partial charge in [-0.05, 0) is 31.0 Å². The van der Waals surface area contributed by atoms with Crippen LogP contribution in [0.5, 0.6) is 0 Å². The highest BCUT2D eigenvalue weighted by Gasteiger charge is 2.23. The van der Waals surface area contributed by atoms with E-state index < -0.39 is 0 Å². The van der Waals surface area contributed by atoms with E-state index >= 15 is 0 Å². The van der Waals surface area contributed by atoms with Crippen molar-refractivity contribution in [1.82, 2.24) is 5.32 Å². The number of hydrogen-bond donors (Lipinski definition) is 2. The summed E-state index contributed by atoms with van der Waals surface area (Å²) < 4.78 is 0. The first kappa shape index (κ1) is 12.0. The van der Waals surface area contributed by atoms with E-state index in [-0.39, 0.29) is 12.5 Å². The van der Waals surface area contributed by atoms with Crippen molar-refractivity contribution in [1.29, 1.82) is 0 Å². The van der Waals surface area contributed by atoms with E-state index in [9.17, 15) is 4.79 Å². The molecule has 0 unspecified atom stereocenters. The Morgan fingerprint density at radius 1 is 1.53 bits per heavy atom. The smallest absolute Gasteiger partial charge is 0.251 e. The Morgan fingerprint density at radius 2 is 2.29 bits per heavy atom. The van der Waals surface area contributed by atoms with Gasteiger partial charge < -0.3 is 10.4 Å². The first-order chi connectivity index (χ1) is 8.20. The van der Waals surface area contributed by atoms with Gasteiger partial charge in [0.05, 0.1) is 5.02 Å². The monoisotopic (exact) mass is 249 g/mol. The van der Waals surface area contributed by atoms with Gasteiger partial charge in [0.25, 0.3) is 5.91 Å². The molecule has 0 heterocycles. The van der Waals surface area contributed by atoms with Crippen molar-refractivity contribution in [2.45, 2.75) is 18.9 Å². The van der Waals surface area contributed by atoms with E-state index in [1.165, 1.54) is 0 Å². The number of carbonyl (C=O) groups is 1. The van der Waals surface area contributed by atoms with Crippen LogP contribution in [0.15, 0.2) is 18.2 Å². The molecule has 0 saturated heterocycles. The van der Waals surface area contributed by atoms with Crippen LogP contribution in [0.3, 0.4) is 0 Å². The van der Waals surface area contributed by atoms with Gasteiger partial charge in [-0.15, -0.1) is 0 Å². The zero-order valence-electron chi connectivity index (χ0n) is 9.16. The molecule has 2 N–H and O–H groups in total. The van der Waals surface area contributed by atoms with Crippen LogP contribution in [-0.4, -0.2) is 23.7 Å². The molecular formula is C13H12ClNO2. The summed E-state index contributed by atoms with van der Waals surface area (Å²) in [7, 11) is 0. The van der Waals surface area contributed by atoms with Crippen molar-refractivity contribution in [3.8, 4) is 11.8 Å². The number of carbonyl (C=O) groups excluding carboxylic acids is 1. The quantitative estimate of drug-likeness (QED) is 0.782. The zero-order valence-corrected chi connectivity index (χ0v) is 9.92. The summed E-state index contributed by atoms with van der Waals surface area (Å²) in [5.41, 5.74) is 1.15. The zero-order chi connectivity index (χ0) is 12.3. The van der Waals surface area contributed by atoms with Crippen molar-refractivity contribution in [2.75, 3.05) is 6.61 Å². The van der Waals surface area contributed by atoms with Crippen LogP contribution in [0.2, 0.25) is 5.02 Å². The lowest BCUT2D eigenvalue weighted by molar-refractivity contribution is 0.0951. The fourth-order valence-corrected chi connectivity index (χ4v) is 1.62. The average Bonchev–Trinajstić information content (AvgIpc) is 3.11. The fraction of sp³-hybridized carbons (Fsp3) is 0.308. The number of benzene rings is 1. The van der Waals surface area contributed by atoms with E-state index in [4.69, 9.17) is 16.7 Å². The number of nitrogens with one attached hydrogen (secondary N) is 1. The summed E-state index contributed by atoms with van der Waals surface area (Å²) in [5.74, 6) is 5.13. The summed E-state index contributed by atoms with van der Waals surface area (Å²) in [6.45, 7) is -0.208. The molecule has 0 aromatic heterocycles. The molecule has 2 rings (SSSR count). The van der Waals surface area contributed by atoms with Crippen molar-refractivity contribution in [3.63, 3.8) is 0 Å². The SMILES string of the molecule is O=C(NC1CC1)c1ccc(C#CCO)c(Cl)c1. The number of amides is 1.